The third kappa shape index (κ3) is 5.47. The minimum absolute atomic E-state index is 0.152. The molecule has 0 aliphatic rings. The second-order valence-electron chi connectivity index (χ2n) is 5.08. The number of carbonyl (C=O) groups excluding carboxylic acids is 2. The molecule has 0 saturated heterocycles. The maximum atomic E-state index is 11.9. The molecular formula is C15H21BrN2O3. The standard InChI is InChI=1S/C15H21BrN2O3/c1-4-21-15(20)10-5-6-13(11(16)7-10)18-14(19)8-12(17)9(2)3/h5-7,9,12H,4,8,17H2,1-3H3,(H,18,19). The van der Waals surface area contributed by atoms with E-state index in [1.54, 1.807) is 25.1 Å². The van der Waals surface area contributed by atoms with Crippen LogP contribution in [0.2, 0.25) is 0 Å². The van der Waals surface area contributed by atoms with Gasteiger partial charge in [-0.2, -0.15) is 0 Å². The van der Waals surface area contributed by atoms with Gasteiger partial charge in [-0.15, -0.1) is 0 Å². The molecule has 0 aliphatic heterocycles. The van der Waals surface area contributed by atoms with Crippen LogP contribution in [0, 0.1) is 5.92 Å². The van der Waals surface area contributed by atoms with Crippen molar-refractivity contribution in [2.75, 3.05) is 11.9 Å². The van der Waals surface area contributed by atoms with Gasteiger partial charge in [-0.1, -0.05) is 13.8 Å². The molecule has 0 saturated carbocycles. The minimum atomic E-state index is -0.391. The van der Waals surface area contributed by atoms with Gasteiger partial charge in [0.05, 0.1) is 17.9 Å². The van der Waals surface area contributed by atoms with Crippen LogP contribution in [0.5, 0.6) is 0 Å². The number of amides is 1. The third-order valence-electron chi connectivity index (χ3n) is 3.03. The van der Waals surface area contributed by atoms with Crippen LogP contribution in [0.1, 0.15) is 37.6 Å². The summed E-state index contributed by atoms with van der Waals surface area (Å²) in [7, 11) is 0. The zero-order chi connectivity index (χ0) is 16.0. The first-order chi connectivity index (χ1) is 9.85. The number of hydrogen-bond donors (Lipinski definition) is 2. The van der Waals surface area contributed by atoms with Gasteiger partial charge in [0, 0.05) is 16.9 Å². The summed E-state index contributed by atoms with van der Waals surface area (Å²) in [5.41, 5.74) is 6.90. The number of nitrogens with two attached hydrogens (primary N) is 1. The number of benzene rings is 1. The first-order valence-corrected chi connectivity index (χ1v) is 7.66. The van der Waals surface area contributed by atoms with Crippen LogP contribution in [0.25, 0.3) is 0 Å². The van der Waals surface area contributed by atoms with Gasteiger partial charge in [-0.3, -0.25) is 4.79 Å². The first-order valence-electron chi connectivity index (χ1n) is 6.87. The molecule has 3 N–H and O–H groups in total. The van der Waals surface area contributed by atoms with Crippen molar-refractivity contribution in [3.8, 4) is 0 Å². The molecule has 0 aromatic heterocycles. The smallest absolute Gasteiger partial charge is 0.338 e. The van der Waals surface area contributed by atoms with Crippen molar-refractivity contribution in [1.82, 2.24) is 0 Å². The van der Waals surface area contributed by atoms with Gasteiger partial charge in [0.15, 0.2) is 0 Å². The molecule has 1 amide bonds. The molecule has 1 unspecified atom stereocenters. The Bertz CT molecular complexity index is 518. The molecule has 0 heterocycles. The van der Waals surface area contributed by atoms with Gasteiger partial charge in [0.1, 0.15) is 0 Å². The lowest BCUT2D eigenvalue weighted by molar-refractivity contribution is -0.116. The fraction of sp³-hybridized carbons (Fsp3) is 0.467. The molecule has 21 heavy (non-hydrogen) atoms. The largest absolute Gasteiger partial charge is 0.462 e. The molecule has 0 fully saturated rings. The Hall–Kier alpha value is -1.40. The molecule has 116 valence electrons. The lowest BCUT2D eigenvalue weighted by Crippen LogP contribution is -2.31. The van der Waals surface area contributed by atoms with Crippen molar-refractivity contribution in [2.24, 2.45) is 11.7 Å². The Morgan fingerprint density at radius 2 is 2.05 bits per heavy atom. The maximum Gasteiger partial charge on any atom is 0.338 e. The average Bonchev–Trinajstić information content (AvgIpc) is 2.41. The lowest BCUT2D eigenvalue weighted by atomic mass is 10.0. The molecule has 0 radical (unpaired) electrons. The van der Waals surface area contributed by atoms with Crippen LogP contribution in [-0.2, 0) is 9.53 Å². The van der Waals surface area contributed by atoms with Gasteiger partial charge < -0.3 is 15.8 Å². The monoisotopic (exact) mass is 356 g/mol. The quantitative estimate of drug-likeness (QED) is 0.767. The van der Waals surface area contributed by atoms with Gasteiger partial charge in [0.2, 0.25) is 5.91 Å². The molecule has 5 nitrogen and oxygen atoms in total. The number of nitrogens with one attached hydrogen (secondary N) is 1. The maximum absolute atomic E-state index is 11.9. The number of carbonyl (C=O) groups is 2. The second-order valence-corrected chi connectivity index (χ2v) is 5.93. The highest BCUT2D eigenvalue weighted by Crippen LogP contribution is 2.24. The van der Waals surface area contributed by atoms with Gasteiger partial charge >= 0.3 is 5.97 Å². The molecule has 0 bridgehead atoms. The number of esters is 1. The van der Waals surface area contributed by atoms with E-state index in [2.05, 4.69) is 21.2 Å². The summed E-state index contributed by atoms with van der Waals surface area (Å²) in [4.78, 5) is 23.5. The summed E-state index contributed by atoms with van der Waals surface area (Å²) >= 11 is 3.34. The SMILES string of the molecule is CCOC(=O)c1ccc(NC(=O)CC(N)C(C)C)c(Br)c1. The van der Waals surface area contributed by atoms with E-state index in [1.807, 2.05) is 13.8 Å². The highest BCUT2D eigenvalue weighted by atomic mass is 79.9. The lowest BCUT2D eigenvalue weighted by Gasteiger charge is -2.15. The Labute approximate surface area is 133 Å². The second kappa shape index (κ2) is 8.14. The van der Waals surface area contributed by atoms with Crippen LogP contribution >= 0.6 is 15.9 Å². The molecule has 1 aromatic carbocycles. The summed E-state index contributed by atoms with van der Waals surface area (Å²) in [5.74, 6) is -0.302. The van der Waals surface area contributed by atoms with Gasteiger partial charge in [-0.05, 0) is 47.0 Å². The van der Waals surface area contributed by atoms with E-state index in [-0.39, 0.29) is 24.3 Å². The fourth-order valence-electron chi connectivity index (χ4n) is 1.61. The molecule has 1 aromatic rings. The Morgan fingerprint density at radius 3 is 2.57 bits per heavy atom. The molecule has 6 heteroatoms. The number of ether oxygens (including phenoxy) is 1. The molecule has 1 atom stereocenters. The molecular weight excluding hydrogens is 336 g/mol. The third-order valence-corrected chi connectivity index (χ3v) is 3.69. The normalized spacial score (nSPS) is 12.1. The topological polar surface area (TPSA) is 81.4 Å². The van der Waals surface area contributed by atoms with Crippen LogP contribution in [0.4, 0.5) is 5.69 Å². The van der Waals surface area contributed by atoms with E-state index >= 15 is 0 Å². The van der Waals surface area contributed by atoms with E-state index in [1.165, 1.54) is 0 Å². The predicted octanol–water partition coefficient (Wildman–Crippen LogP) is 2.94. The van der Waals surface area contributed by atoms with E-state index in [9.17, 15) is 9.59 Å². The van der Waals surface area contributed by atoms with Crippen molar-refractivity contribution in [3.05, 3.63) is 28.2 Å². The molecule has 0 aliphatic carbocycles. The number of anilines is 1. The number of rotatable bonds is 6. The van der Waals surface area contributed by atoms with Crippen molar-refractivity contribution in [3.63, 3.8) is 0 Å². The van der Waals surface area contributed by atoms with Crippen LogP contribution in [0.15, 0.2) is 22.7 Å². The van der Waals surface area contributed by atoms with Gasteiger partial charge in [-0.25, -0.2) is 4.79 Å². The fourth-order valence-corrected chi connectivity index (χ4v) is 2.09. The summed E-state index contributed by atoms with van der Waals surface area (Å²) in [6.45, 7) is 6.02. The van der Waals surface area contributed by atoms with E-state index in [0.29, 0.717) is 22.3 Å². The predicted molar refractivity (Wildman–Crippen MR) is 86.2 cm³/mol. The number of hydrogen-bond acceptors (Lipinski definition) is 4. The average molecular weight is 357 g/mol. The summed E-state index contributed by atoms with van der Waals surface area (Å²) < 4.78 is 5.54. The highest BCUT2D eigenvalue weighted by molar-refractivity contribution is 9.10. The summed E-state index contributed by atoms with van der Waals surface area (Å²) in [6, 6.07) is 4.72. The summed E-state index contributed by atoms with van der Waals surface area (Å²) in [5, 5.41) is 2.78. The zero-order valence-corrected chi connectivity index (χ0v) is 14.1. The number of halogens is 1. The zero-order valence-electron chi connectivity index (χ0n) is 12.5. The van der Waals surface area contributed by atoms with Crippen molar-refractivity contribution < 1.29 is 14.3 Å². The van der Waals surface area contributed by atoms with Crippen molar-refractivity contribution in [1.29, 1.82) is 0 Å². The van der Waals surface area contributed by atoms with Gasteiger partial charge in [0.25, 0.3) is 0 Å². The van der Waals surface area contributed by atoms with E-state index in [0.717, 1.165) is 0 Å². The Kier molecular flexibility index (Phi) is 6.84. The first kappa shape index (κ1) is 17.7. The van der Waals surface area contributed by atoms with E-state index < -0.39 is 5.97 Å². The van der Waals surface area contributed by atoms with Crippen molar-refractivity contribution >= 4 is 33.5 Å². The van der Waals surface area contributed by atoms with Crippen LogP contribution in [-0.4, -0.2) is 24.5 Å². The van der Waals surface area contributed by atoms with Crippen LogP contribution < -0.4 is 11.1 Å². The Morgan fingerprint density at radius 1 is 1.38 bits per heavy atom. The Balaban J connectivity index is 2.73. The highest BCUT2D eigenvalue weighted by Gasteiger charge is 2.15. The van der Waals surface area contributed by atoms with Crippen LogP contribution in [0.3, 0.4) is 0 Å². The molecule has 1 rings (SSSR count). The van der Waals surface area contributed by atoms with E-state index in [4.69, 9.17) is 10.5 Å². The molecule has 0 spiro atoms. The minimum Gasteiger partial charge on any atom is -0.462 e. The summed E-state index contributed by atoms with van der Waals surface area (Å²) in [6.07, 6.45) is 0.254. The van der Waals surface area contributed by atoms with Crippen molar-refractivity contribution in [2.45, 2.75) is 33.2 Å².